The molecule has 0 radical (unpaired) electrons. The lowest BCUT2D eigenvalue weighted by atomic mass is 10.0. The molecule has 2 aromatic heterocycles. The lowest BCUT2D eigenvalue weighted by Gasteiger charge is -2.27. The van der Waals surface area contributed by atoms with Crippen LogP contribution in [0.2, 0.25) is 5.02 Å². The quantitative estimate of drug-likeness (QED) is 0.724. The summed E-state index contributed by atoms with van der Waals surface area (Å²) in [7, 11) is 1.95. The van der Waals surface area contributed by atoms with Gasteiger partial charge in [0.05, 0.1) is 5.69 Å². The van der Waals surface area contributed by atoms with Crippen LogP contribution in [0.25, 0.3) is 10.9 Å². The third kappa shape index (κ3) is 3.30. The first-order chi connectivity index (χ1) is 12.9. The predicted octanol–water partition coefficient (Wildman–Crippen LogP) is 3.48. The summed E-state index contributed by atoms with van der Waals surface area (Å²) in [6, 6.07) is 5.84. The summed E-state index contributed by atoms with van der Waals surface area (Å²) in [4.78, 5) is 18.0. The van der Waals surface area contributed by atoms with Crippen molar-refractivity contribution >= 4 is 28.5 Å². The van der Waals surface area contributed by atoms with E-state index >= 15 is 0 Å². The highest BCUT2D eigenvalue weighted by atomic mass is 35.5. The zero-order valence-electron chi connectivity index (χ0n) is 15.9. The minimum absolute atomic E-state index is 0.0174. The molecular formula is C20H24ClN5O. The van der Waals surface area contributed by atoms with Gasteiger partial charge in [-0.15, -0.1) is 0 Å². The lowest BCUT2D eigenvalue weighted by molar-refractivity contribution is 0.192. The molecule has 6 nitrogen and oxygen atoms in total. The van der Waals surface area contributed by atoms with Crippen LogP contribution >= 0.6 is 11.6 Å². The third-order valence-corrected chi connectivity index (χ3v) is 5.77. The van der Waals surface area contributed by atoms with Crippen LogP contribution in [0.4, 0.5) is 4.79 Å². The van der Waals surface area contributed by atoms with Gasteiger partial charge in [-0.2, -0.15) is 5.10 Å². The summed E-state index contributed by atoms with van der Waals surface area (Å²) in [6.45, 7) is 6.00. The molecule has 0 atom stereocenters. The van der Waals surface area contributed by atoms with E-state index in [1.807, 2.05) is 41.8 Å². The van der Waals surface area contributed by atoms with Crippen molar-refractivity contribution in [1.29, 1.82) is 0 Å². The molecule has 0 aliphatic carbocycles. The fourth-order valence-electron chi connectivity index (χ4n) is 3.95. The number of nitrogens with zero attached hydrogens (tertiary/aromatic N) is 3. The maximum absolute atomic E-state index is 12.7. The number of fused-ring (bicyclic) bond motifs is 3. The molecule has 7 heteroatoms. The molecule has 2 N–H and O–H groups in total. The molecule has 2 amide bonds. The molecule has 3 aromatic rings. The molecule has 1 aromatic carbocycles. The van der Waals surface area contributed by atoms with Crippen LogP contribution in [-0.4, -0.2) is 38.8 Å². The number of H-pyrrole nitrogens is 1. The smallest absolute Gasteiger partial charge is 0.317 e. The van der Waals surface area contributed by atoms with Crippen LogP contribution in [0, 0.1) is 13.8 Å². The molecule has 1 aliphatic heterocycles. The number of hydrogen-bond donors (Lipinski definition) is 2. The Labute approximate surface area is 163 Å². The van der Waals surface area contributed by atoms with Gasteiger partial charge in [-0.3, -0.25) is 4.68 Å². The van der Waals surface area contributed by atoms with E-state index < -0.39 is 0 Å². The van der Waals surface area contributed by atoms with Gasteiger partial charge < -0.3 is 15.2 Å². The molecule has 0 fully saturated rings. The maximum atomic E-state index is 12.7. The SMILES string of the molecule is Cc1nn(C)c(C)c1CCNC(=O)N1CCc2[nH]c3ccc(Cl)cc3c2C1. The van der Waals surface area contributed by atoms with Crippen molar-refractivity contribution in [2.45, 2.75) is 33.2 Å². The van der Waals surface area contributed by atoms with E-state index in [1.165, 1.54) is 16.8 Å². The zero-order valence-corrected chi connectivity index (χ0v) is 16.7. The number of carbonyl (C=O) groups is 1. The fraction of sp³-hybridized carbons (Fsp3) is 0.400. The van der Waals surface area contributed by atoms with E-state index in [2.05, 4.69) is 22.3 Å². The lowest BCUT2D eigenvalue weighted by Crippen LogP contribution is -2.43. The predicted molar refractivity (Wildman–Crippen MR) is 107 cm³/mol. The molecule has 0 spiro atoms. The summed E-state index contributed by atoms with van der Waals surface area (Å²) in [5.74, 6) is 0. The molecular weight excluding hydrogens is 362 g/mol. The minimum Gasteiger partial charge on any atom is -0.358 e. The number of halogens is 1. The van der Waals surface area contributed by atoms with Gasteiger partial charge in [-0.05, 0) is 44.0 Å². The molecule has 0 bridgehead atoms. The highest BCUT2D eigenvalue weighted by molar-refractivity contribution is 6.31. The molecule has 142 valence electrons. The molecule has 0 saturated heterocycles. The van der Waals surface area contributed by atoms with Gasteiger partial charge in [0.25, 0.3) is 0 Å². The molecule has 27 heavy (non-hydrogen) atoms. The van der Waals surface area contributed by atoms with Gasteiger partial charge >= 0.3 is 6.03 Å². The van der Waals surface area contributed by atoms with Gasteiger partial charge in [-0.25, -0.2) is 4.79 Å². The van der Waals surface area contributed by atoms with E-state index in [0.717, 1.165) is 35.1 Å². The van der Waals surface area contributed by atoms with Crippen molar-refractivity contribution in [3.05, 3.63) is 51.4 Å². The average molecular weight is 386 g/mol. The number of aryl methyl sites for hydroxylation is 2. The topological polar surface area (TPSA) is 66.0 Å². The maximum Gasteiger partial charge on any atom is 0.317 e. The number of aromatic nitrogens is 3. The number of urea groups is 1. The van der Waals surface area contributed by atoms with Crippen LogP contribution in [0.15, 0.2) is 18.2 Å². The summed E-state index contributed by atoms with van der Waals surface area (Å²) < 4.78 is 1.89. The number of benzene rings is 1. The van der Waals surface area contributed by atoms with E-state index in [9.17, 15) is 4.79 Å². The number of carbonyl (C=O) groups excluding carboxylic acids is 1. The van der Waals surface area contributed by atoms with Crippen LogP contribution < -0.4 is 5.32 Å². The second-order valence-corrected chi connectivity index (χ2v) is 7.63. The number of rotatable bonds is 3. The van der Waals surface area contributed by atoms with Crippen LogP contribution in [-0.2, 0) is 26.4 Å². The van der Waals surface area contributed by atoms with Crippen LogP contribution in [0.1, 0.15) is 28.2 Å². The highest BCUT2D eigenvalue weighted by Crippen LogP contribution is 2.29. The van der Waals surface area contributed by atoms with E-state index in [1.54, 1.807) is 0 Å². The first kappa shape index (κ1) is 17.9. The normalized spacial score (nSPS) is 13.9. The second-order valence-electron chi connectivity index (χ2n) is 7.20. The second kappa shape index (κ2) is 6.93. The van der Waals surface area contributed by atoms with Gasteiger partial charge in [0.2, 0.25) is 0 Å². The molecule has 3 heterocycles. The molecule has 0 unspecified atom stereocenters. The number of aromatic amines is 1. The van der Waals surface area contributed by atoms with Gasteiger partial charge in [0, 0.05) is 66.0 Å². The van der Waals surface area contributed by atoms with Crippen molar-refractivity contribution in [1.82, 2.24) is 25.0 Å². The Kier molecular flexibility index (Phi) is 4.60. The van der Waals surface area contributed by atoms with E-state index in [-0.39, 0.29) is 6.03 Å². The summed E-state index contributed by atoms with van der Waals surface area (Å²) in [5, 5.41) is 9.32. The summed E-state index contributed by atoms with van der Waals surface area (Å²) in [5.41, 5.74) is 6.85. The Morgan fingerprint density at radius 3 is 2.93 bits per heavy atom. The van der Waals surface area contributed by atoms with Crippen molar-refractivity contribution in [3.63, 3.8) is 0 Å². The Bertz CT molecular complexity index is 1020. The molecule has 1 aliphatic rings. The van der Waals surface area contributed by atoms with Crippen molar-refractivity contribution in [3.8, 4) is 0 Å². The number of amides is 2. The zero-order chi connectivity index (χ0) is 19.1. The first-order valence-corrected chi connectivity index (χ1v) is 9.62. The summed E-state index contributed by atoms with van der Waals surface area (Å²) in [6.07, 6.45) is 1.62. The Morgan fingerprint density at radius 1 is 1.37 bits per heavy atom. The summed E-state index contributed by atoms with van der Waals surface area (Å²) >= 11 is 6.16. The number of nitrogens with one attached hydrogen (secondary N) is 2. The van der Waals surface area contributed by atoms with Gasteiger partial charge in [0.1, 0.15) is 0 Å². The van der Waals surface area contributed by atoms with Crippen LogP contribution in [0.5, 0.6) is 0 Å². The minimum atomic E-state index is -0.0174. The van der Waals surface area contributed by atoms with E-state index in [0.29, 0.717) is 24.7 Å². The Hall–Kier alpha value is -2.47. The van der Waals surface area contributed by atoms with Gasteiger partial charge in [0.15, 0.2) is 0 Å². The largest absolute Gasteiger partial charge is 0.358 e. The molecule has 4 rings (SSSR count). The average Bonchev–Trinajstić information content (AvgIpc) is 3.12. The third-order valence-electron chi connectivity index (χ3n) is 5.53. The Balaban J connectivity index is 1.42. The van der Waals surface area contributed by atoms with Crippen molar-refractivity contribution in [2.24, 2.45) is 7.05 Å². The van der Waals surface area contributed by atoms with Gasteiger partial charge in [-0.1, -0.05) is 11.6 Å². The first-order valence-electron chi connectivity index (χ1n) is 9.25. The monoisotopic (exact) mass is 385 g/mol. The van der Waals surface area contributed by atoms with E-state index in [4.69, 9.17) is 11.6 Å². The van der Waals surface area contributed by atoms with Crippen LogP contribution in [0.3, 0.4) is 0 Å². The highest BCUT2D eigenvalue weighted by Gasteiger charge is 2.24. The number of hydrogen-bond acceptors (Lipinski definition) is 2. The van der Waals surface area contributed by atoms with Crippen molar-refractivity contribution in [2.75, 3.05) is 13.1 Å². The van der Waals surface area contributed by atoms with Crippen molar-refractivity contribution < 1.29 is 4.79 Å². The fourth-order valence-corrected chi connectivity index (χ4v) is 4.12. The Morgan fingerprint density at radius 2 is 2.19 bits per heavy atom. The molecule has 0 saturated carbocycles. The standard InChI is InChI=1S/C20H24ClN5O/c1-12-15(13(2)25(3)24-12)6-8-22-20(27)26-9-7-19-17(11-26)16-10-14(21)4-5-18(16)23-19/h4-5,10,23H,6-9,11H2,1-3H3,(H,22,27).